The number of fused-ring (bicyclic) bond motifs is 4. The molecule has 4 atom stereocenters. The monoisotopic (exact) mass is 1150 g/mol. The maximum absolute atomic E-state index is 2.38. The van der Waals surface area contributed by atoms with E-state index in [9.17, 15) is 0 Å². The molecule has 0 aromatic heterocycles. The number of hydrogen-bond donors (Lipinski definition) is 0. The molecule has 0 amide bonds. The van der Waals surface area contributed by atoms with Gasteiger partial charge in [-0.1, -0.05) is 133 Å². The fourth-order valence-corrected chi connectivity index (χ4v) is 17.1. The van der Waals surface area contributed by atoms with Crippen molar-refractivity contribution < 1.29 is 42.1 Å². The molecule has 0 N–H and O–H groups in total. The third kappa shape index (κ3) is 13.8. The number of hydrogen-bond acceptors (Lipinski definition) is 0. The van der Waals surface area contributed by atoms with E-state index in [1.54, 1.807) is 0 Å². The molecule has 4 unspecified atom stereocenters. The second-order valence-corrected chi connectivity index (χ2v) is 22.3. The van der Waals surface area contributed by atoms with Crippen LogP contribution in [-0.4, -0.2) is 5.90 Å². The van der Waals surface area contributed by atoms with Gasteiger partial charge in [-0.15, -0.1) is 0 Å². The van der Waals surface area contributed by atoms with Gasteiger partial charge >= 0.3 is 0 Å². The molecule has 292 valence electrons. The molecule has 6 aromatic rings. The smallest absolute Gasteiger partial charge is 0.0851 e. The van der Waals surface area contributed by atoms with Crippen molar-refractivity contribution in [3.63, 3.8) is 0 Å². The zero-order valence-corrected chi connectivity index (χ0v) is 39.8. The summed E-state index contributed by atoms with van der Waals surface area (Å²) in [6.07, 6.45) is 18.4. The maximum atomic E-state index is 2.38. The van der Waals surface area contributed by atoms with E-state index in [1.165, 1.54) is 76.3 Å². The summed E-state index contributed by atoms with van der Waals surface area (Å²) in [5, 5.41) is 8.92. The van der Waals surface area contributed by atoms with Crippen molar-refractivity contribution in [2.75, 3.05) is 5.90 Å². The molecule has 0 spiro atoms. The Labute approximate surface area is 369 Å². The van der Waals surface area contributed by atoms with E-state index < -0.39 is 15.8 Å². The van der Waals surface area contributed by atoms with Crippen LogP contribution in [-0.2, 0) is 42.1 Å². The van der Waals surface area contributed by atoms with Gasteiger partial charge < -0.3 is 0 Å². The second kappa shape index (κ2) is 24.4. The maximum Gasteiger partial charge on any atom is 0.174 e. The quantitative estimate of drug-likeness (QED) is 0.105. The zero-order chi connectivity index (χ0) is 36.6. The summed E-state index contributed by atoms with van der Waals surface area (Å²) in [6, 6.07) is 65.8. The number of allylic oxidation sites excluding steroid dienone is 4. The van der Waals surface area contributed by atoms with Crippen molar-refractivity contribution in [1.29, 1.82) is 0 Å². The predicted octanol–water partition coefficient (Wildman–Crippen LogP) is 10.7. The Morgan fingerprint density at radius 3 is 0.768 bits per heavy atom. The van der Waals surface area contributed by atoms with Crippen LogP contribution in [0.5, 0.6) is 0 Å². The molecule has 2 fully saturated rings. The van der Waals surface area contributed by atoms with Crippen LogP contribution in [0.25, 0.3) is 0 Å². The molecular formula is C51H56P3Pt2+3. The molecule has 0 saturated heterocycles. The van der Waals surface area contributed by atoms with Crippen LogP contribution < -0.4 is 31.8 Å². The summed E-state index contributed by atoms with van der Waals surface area (Å²) in [5.41, 5.74) is 0. The van der Waals surface area contributed by atoms with Gasteiger partial charge in [0.2, 0.25) is 0 Å². The molecule has 6 aromatic carbocycles. The van der Waals surface area contributed by atoms with Crippen LogP contribution in [0.2, 0.25) is 0 Å². The summed E-state index contributed by atoms with van der Waals surface area (Å²) in [7, 11) is -1.42. The molecular weight excluding hydrogens is 1100 g/mol. The summed E-state index contributed by atoms with van der Waals surface area (Å²) in [6.45, 7) is 0. The standard InChI is InChI=1S/C25H22P2.C12H11P.2C7H10.2Pt/c1-5-13-22(14-6-1)26(23-15-7-2-8-16-23)21-27(24-17-9-3-10-18-24)25-19-11-4-12-20-25;1-3-7-11(8-4-1)13-12-9-5-2-6-10-12;2*1-2-7-4-3-6(1)5-7;;/h1-20H,21H2;1-10,13H;2*1-2,6-7H,3-5H2;;/p+3. The third-order valence-electron chi connectivity index (χ3n) is 11.1. The molecule has 2 saturated carbocycles. The predicted molar refractivity (Wildman–Crippen MR) is 248 cm³/mol. The topological polar surface area (TPSA) is 0 Å². The van der Waals surface area contributed by atoms with Crippen molar-refractivity contribution in [2.45, 2.75) is 38.5 Å². The van der Waals surface area contributed by atoms with Gasteiger partial charge in [-0.25, -0.2) is 0 Å². The van der Waals surface area contributed by atoms with Gasteiger partial charge in [0.25, 0.3) is 0 Å². The van der Waals surface area contributed by atoms with Crippen LogP contribution in [0.3, 0.4) is 0 Å². The molecule has 0 nitrogen and oxygen atoms in total. The summed E-state index contributed by atoms with van der Waals surface area (Å²) in [4.78, 5) is 0. The number of rotatable bonds is 8. The molecule has 56 heavy (non-hydrogen) atoms. The normalized spacial score (nSPS) is 19.0. The van der Waals surface area contributed by atoms with Gasteiger partial charge in [-0.05, 0) is 135 Å². The largest absolute Gasteiger partial charge is 0.174 e. The Morgan fingerprint density at radius 1 is 0.339 bits per heavy atom. The minimum absolute atomic E-state index is 0. The molecule has 0 aliphatic heterocycles. The molecule has 4 aliphatic rings. The van der Waals surface area contributed by atoms with E-state index in [0.717, 1.165) is 23.7 Å². The minimum atomic E-state index is -0.847. The first-order valence-electron chi connectivity index (χ1n) is 20.0. The van der Waals surface area contributed by atoms with Gasteiger partial charge in [0, 0.05) is 42.1 Å². The van der Waals surface area contributed by atoms with Crippen molar-refractivity contribution >= 4 is 56.3 Å². The van der Waals surface area contributed by atoms with E-state index in [1.807, 2.05) is 0 Å². The average molecular weight is 1150 g/mol. The molecule has 4 bridgehead atoms. The Hall–Kier alpha value is -2.53. The average Bonchev–Trinajstić information content (AvgIpc) is 4.11. The summed E-state index contributed by atoms with van der Waals surface area (Å²) >= 11 is 0. The number of benzene rings is 6. The minimum Gasteiger partial charge on any atom is -0.0851 e. The van der Waals surface area contributed by atoms with Crippen LogP contribution in [0.4, 0.5) is 0 Å². The van der Waals surface area contributed by atoms with E-state index in [4.69, 9.17) is 0 Å². The van der Waals surface area contributed by atoms with Crippen molar-refractivity contribution in [3.8, 4) is 0 Å². The van der Waals surface area contributed by atoms with E-state index in [0.29, 0.717) is 0 Å². The Kier molecular flexibility index (Phi) is 19.4. The van der Waals surface area contributed by atoms with Crippen LogP contribution >= 0.6 is 24.4 Å². The van der Waals surface area contributed by atoms with E-state index in [2.05, 4.69) is 206 Å². The third-order valence-corrected chi connectivity index (χ3v) is 19.5. The van der Waals surface area contributed by atoms with Gasteiger partial charge in [0.05, 0.1) is 19.2 Å². The first-order chi connectivity index (χ1) is 26.8. The Bertz CT molecular complexity index is 1740. The van der Waals surface area contributed by atoms with Crippen molar-refractivity contribution in [3.05, 3.63) is 206 Å². The summed E-state index contributed by atoms with van der Waals surface area (Å²) in [5.74, 6) is 5.21. The second-order valence-electron chi connectivity index (χ2n) is 15.0. The van der Waals surface area contributed by atoms with Crippen LogP contribution in [0.1, 0.15) is 38.5 Å². The molecule has 10 rings (SSSR count). The fraction of sp³-hybridized carbons (Fsp3) is 0.216. The van der Waals surface area contributed by atoms with Gasteiger partial charge in [0.1, 0.15) is 37.1 Å². The van der Waals surface area contributed by atoms with Gasteiger partial charge in [0.15, 0.2) is 5.90 Å². The molecule has 4 aliphatic carbocycles. The van der Waals surface area contributed by atoms with E-state index >= 15 is 0 Å². The van der Waals surface area contributed by atoms with Crippen molar-refractivity contribution in [2.24, 2.45) is 23.7 Å². The first kappa shape index (κ1) is 44.6. The van der Waals surface area contributed by atoms with Gasteiger partial charge in [-0.3, -0.25) is 0 Å². The Balaban J connectivity index is 0.000000169. The fourth-order valence-electron chi connectivity index (χ4n) is 8.20. The molecule has 5 heteroatoms. The van der Waals surface area contributed by atoms with Crippen LogP contribution in [0.15, 0.2) is 206 Å². The zero-order valence-electron chi connectivity index (χ0n) is 32.1. The van der Waals surface area contributed by atoms with Crippen molar-refractivity contribution in [1.82, 2.24) is 0 Å². The van der Waals surface area contributed by atoms with Crippen LogP contribution in [0, 0.1) is 23.7 Å². The SMILES string of the molecule is C1=CC2CCC1C2.C1=CC2CCC1C2.[Pt].[Pt].c1ccc([PH+](C[PH+](c2ccccc2)c2ccccc2)c2ccccc2)cc1.c1ccc([PH2+]c2ccccc2)cc1. The summed E-state index contributed by atoms with van der Waals surface area (Å²) < 4.78 is 0. The van der Waals surface area contributed by atoms with Gasteiger partial charge in [-0.2, -0.15) is 0 Å². The molecule has 0 radical (unpaired) electrons. The van der Waals surface area contributed by atoms with E-state index in [-0.39, 0.29) is 50.7 Å². The first-order valence-corrected chi connectivity index (χ1v) is 24.6. The molecule has 0 heterocycles. The Morgan fingerprint density at radius 2 is 0.571 bits per heavy atom.